The fraction of sp³-hybridized carbons (Fsp3) is 0.316. The van der Waals surface area contributed by atoms with Gasteiger partial charge in [-0.25, -0.2) is 0 Å². The van der Waals surface area contributed by atoms with E-state index in [1.165, 1.54) is 11.1 Å². The van der Waals surface area contributed by atoms with Gasteiger partial charge in [0.05, 0.1) is 18.7 Å². The maximum Gasteiger partial charge on any atom is 0.193 e. The first-order chi connectivity index (χ1) is 11.5. The van der Waals surface area contributed by atoms with Crippen LogP contribution in [0.15, 0.2) is 47.5 Å². The number of benzene rings is 2. The maximum absolute atomic E-state index is 6.12. The summed E-state index contributed by atoms with van der Waals surface area (Å²) in [5.41, 5.74) is 9.69. The minimum atomic E-state index is 0.148. The summed E-state index contributed by atoms with van der Waals surface area (Å²) in [5, 5.41) is 3.62. The number of ether oxygens (including phenoxy) is 1. The Kier molecular flexibility index (Phi) is 4.67. The number of nitrogens with one attached hydrogen (secondary N) is 1. The Morgan fingerprint density at radius 3 is 2.67 bits per heavy atom. The molecule has 0 atom stereocenters. The highest BCUT2D eigenvalue weighted by atomic mass is 35.5. The third-order valence-electron chi connectivity index (χ3n) is 4.55. The smallest absolute Gasteiger partial charge is 0.193 e. The quantitative estimate of drug-likeness (QED) is 0.634. The van der Waals surface area contributed by atoms with Gasteiger partial charge < -0.3 is 15.8 Å². The van der Waals surface area contributed by atoms with Gasteiger partial charge in [-0.3, -0.25) is 4.99 Å². The molecule has 0 amide bonds. The summed E-state index contributed by atoms with van der Waals surface area (Å²) in [4.78, 5) is 4.55. The van der Waals surface area contributed by atoms with Crippen LogP contribution in [0.4, 0.5) is 5.69 Å². The van der Waals surface area contributed by atoms with Crippen molar-refractivity contribution in [2.24, 2.45) is 10.7 Å². The summed E-state index contributed by atoms with van der Waals surface area (Å²) >= 11 is 6.12. The zero-order valence-corrected chi connectivity index (χ0v) is 14.7. The first-order valence-corrected chi connectivity index (χ1v) is 8.38. The predicted molar refractivity (Wildman–Crippen MR) is 100 cm³/mol. The molecule has 3 N–H and O–H groups in total. The SMILES string of the molecule is COc1ccc(NC(N)=NCC2(c3ccccc3C)CC2)cc1Cl. The number of aliphatic imine (C=N–C) groups is 1. The van der Waals surface area contributed by atoms with Gasteiger partial charge in [0, 0.05) is 11.1 Å². The van der Waals surface area contributed by atoms with E-state index in [1.807, 2.05) is 6.07 Å². The number of rotatable bonds is 5. The number of hydrogen-bond acceptors (Lipinski definition) is 2. The van der Waals surface area contributed by atoms with Gasteiger partial charge in [-0.1, -0.05) is 35.9 Å². The third-order valence-corrected chi connectivity index (χ3v) is 4.84. The van der Waals surface area contributed by atoms with Crippen molar-refractivity contribution >= 4 is 23.2 Å². The number of anilines is 1. The van der Waals surface area contributed by atoms with E-state index in [0.717, 1.165) is 18.5 Å². The van der Waals surface area contributed by atoms with Crippen molar-refractivity contribution in [1.29, 1.82) is 0 Å². The highest BCUT2D eigenvalue weighted by Crippen LogP contribution is 2.49. The van der Waals surface area contributed by atoms with Crippen LogP contribution in [0.5, 0.6) is 5.75 Å². The van der Waals surface area contributed by atoms with Crippen LogP contribution in [0, 0.1) is 6.92 Å². The number of methoxy groups -OCH3 is 1. The molecular formula is C19H22ClN3O. The lowest BCUT2D eigenvalue weighted by molar-refractivity contribution is 0.415. The summed E-state index contributed by atoms with van der Waals surface area (Å²) in [5.74, 6) is 1.03. The van der Waals surface area contributed by atoms with Gasteiger partial charge in [-0.2, -0.15) is 0 Å². The average molecular weight is 344 g/mol. The zero-order valence-electron chi connectivity index (χ0n) is 14.0. The number of guanidine groups is 1. The normalized spacial score (nSPS) is 15.9. The summed E-state index contributed by atoms with van der Waals surface area (Å²) < 4.78 is 5.14. The van der Waals surface area contributed by atoms with Gasteiger partial charge in [-0.15, -0.1) is 0 Å². The number of nitrogens with two attached hydrogens (primary N) is 1. The second-order valence-corrected chi connectivity index (χ2v) is 6.68. The Morgan fingerprint density at radius 2 is 2.04 bits per heavy atom. The van der Waals surface area contributed by atoms with E-state index in [0.29, 0.717) is 23.3 Å². The lowest BCUT2D eigenvalue weighted by Gasteiger charge is -2.16. The first kappa shape index (κ1) is 16.7. The van der Waals surface area contributed by atoms with Crippen molar-refractivity contribution in [3.05, 3.63) is 58.6 Å². The van der Waals surface area contributed by atoms with E-state index < -0.39 is 0 Å². The van der Waals surface area contributed by atoms with E-state index in [9.17, 15) is 0 Å². The Bertz CT molecular complexity index is 769. The molecule has 0 saturated heterocycles. The number of halogens is 1. The van der Waals surface area contributed by atoms with Gasteiger partial charge in [0.25, 0.3) is 0 Å². The highest BCUT2D eigenvalue weighted by Gasteiger charge is 2.44. The fourth-order valence-electron chi connectivity index (χ4n) is 3.00. The fourth-order valence-corrected chi connectivity index (χ4v) is 3.26. The van der Waals surface area contributed by atoms with Crippen LogP contribution < -0.4 is 15.8 Å². The van der Waals surface area contributed by atoms with Gasteiger partial charge in [-0.05, 0) is 49.1 Å². The molecule has 0 heterocycles. The number of hydrogen-bond donors (Lipinski definition) is 2. The Balaban J connectivity index is 1.69. The van der Waals surface area contributed by atoms with Gasteiger partial charge in [0.15, 0.2) is 5.96 Å². The molecule has 24 heavy (non-hydrogen) atoms. The summed E-state index contributed by atoms with van der Waals surface area (Å²) in [6.45, 7) is 2.85. The second-order valence-electron chi connectivity index (χ2n) is 6.27. The Morgan fingerprint density at radius 1 is 1.29 bits per heavy atom. The average Bonchev–Trinajstić information content (AvgIpc) is 3.35. The molecule has 0 unspecified atom stereocenters. The van der Waals surface area contributed by atoms with Crippen molar-refractivity contribution < 1.29 is 4.74 Å². The van der Waals surface area contributed by atoms with Crippen LogP contribution in [0.1, 0.15) is 24.0 Å². The topological polar surface area (TPSA) is 59.6 Å². The molecular weight excluding hydrogens is 322 g/mol. The molecule has 0 radical (unpaired) electrons. The van der Waals surface area contributed by atoms with Gasteiger partial charge in [0.1, 0.15) is 5.75 Å². The monoisotopic (exact) mass is 343 g/mol. The van der Waals surface area contributed by atoms with E-state index in [-0.39, 0.29) is 5.41 Å². The van der Waals surface area contributed by atoms with Crippen molar-refractivity contribution in [3.8, 4) is 5.75 Å². The molecule has 0 aliphatic heterocycles. The van der Waals surface area contributed by atoms with Crippen LogP contribution in [-0.2, 0) is 5.41 Å². The molecule has 1 fully saturated rings. The largest absolute Gasteiger partial charge is 0.495 e. The number of aryl methyl sites for hydroxylation is 1. The van der Waals surface area contributed by atoms with Crippen molar-refractivity contribution in [2.75, 3.05) is 19.0 Å². The van der Waals surface area contributed by atoms with Crippen LogP contribution in [-0.4, -0.2) is 19.6 Å². The van der Waals surface area contributed by atoms with E-state index in [4.69, 9.17) is 22.1 Å². The van der Waals surface area contributed by atoms with E-state index in [2.05, 4.69) is 41.5 Å². The molecule has 1 aliphatic carbocycles. The molecule has 126 valence electrons. The molecule has 2 aromatic carbocycles. The van der Waals surface area contributed by atoms with Crippen LogP contribution in [0.3, 0.4) is 0 Å². The van der Waals surface area contributed by atoms with Crippen molar-refractivity contribution in [3.63, 3.8) is 0 Å². The zero-order chi connectivity index (χ0) is 17.2. The minimum Gasteiger partial charge on any atom is -0.495 e. The van der Waals surface area contributed by atoms with Crippen LogP contribution in [0.2, 0.25) is 5.02 Å². The molecule has 0 bridgehead atoms. The van der Waals surface area contributed by atoms with Gasteiger partial charge in [0.2, 0.25) is 0 Å². The molecule has 0 spiro atoms. The van der Waals surface area contributed by atoms with Crippen molar-refractivity contribution in [2.45, 2.75) is 25.2 Å². The summed E-state index contributed by atoms with van der Waals surface area (Å²) in [6, 6.07) is 13.9. The predicted octanol–water partition coefficient (Wildman–Crippen LogP) is 4.12. The first-order valence-electron chi connectivity index (χ1n) is 8.01. The van der Waals surface area contributed by atoms with Crippen LogP contribution >= 0.6 is 11.6 Å². The molecule has 2 aromatic rings. The molecule has 1 aliphatic rings. The Labute approximate surface area is 147 Å². The minimum absolute atomic E-state index is 0.148. The summed E-state index contributed by atoms with van der Waals surface area (Å²) in [6.07, 6.45) is 2.31. The third kappa shape index (κ3) is 3.49. The number of nitrogens with zero attached hydrogens (tertiary/aromatic N) is 1. The van der Waals surface area contributed by atoms with Crippen LogP contribution in [0.25, 0.3) is 0 Å². The standard InChI is InChI=1S/C19H22ClN3O/c1-13-5-3-4-6-15(13)19(9-10-19)12-22-18(21)23-14-7-8-17(24-2)16(20)11-14/h3-8,11H,9-10,12H2,1-2H3,(H3,21,22,23). The molecule has 4 nitrogen and oxygen atoms in total. The molecule has 0 aromatic heterocycles. The van der Waals surface area contributed by atoms with Gasteiger partial charge >= 0.3 is 0 Å². The molecule has 3 rings (SSSR count). The summed E-state index contributed by atoms with van der Waals surface area (Å²) in [7, 11) is 1.59. The molecule has 1 saturated carbocycles. The second kappa shape index (κ2) is 6.73. The van der Waals surface area contributed by atoms with E-state index in [1.54, 1.807) is 19.2 Å². The van der Waals surface area contributed by atoms with Crippen molar-refractivity contribution in [1.82, 2.24) is 0 Å². The highest BCUT2D eigenvalue weighted by molar-refractivity contribution is 6.32. The lowest BCUT2D eigenvalue weighted by Crippen LogP contribution is -2.25. The maximum atomic E-state index is 6.12. The van der Waals surface area contributed by atoms with E-state index >= 15 is 0 Å². The lowest BCUT2D eigenvalue weighted by atomic mass is 9.92. The molecule has 5 heteroatoms. The Hall–Kier alpha value is -2.20.